The molecular weight excluding hydrogens is 801 g/mol. The van der Waals surface area contributed by atoms with Gasteiger partial charge in [-0.15, -0.1) is 0 Å². The Morgan fingerprint density at radius 1 is 0.409 bits per heavy atom. The third kappa shape index (κ3) is 4.33. The summed E-state index contributed by atoms with van der Waals surface area (Å²) in [5.41, 5.74) is 23.1. The molecule has 0 spiro atoms. The molecule has 0 fully saturated rings. The summed E-state index contributed by atoms with van der Waals surface area (Å²) in [5, 5.41) is 0. The van der Waals surface area contributed by atoms with Crippen molar-refractivity contribution < 1.29 is 0 Å². The normalized spacial score (nSPS) is 20.3. The zero-order valence-corrected chi connectivity index (χ0v) is 36.5. The average molecular weight is 841 g/mol. The summed E-state index contributed by atoms with van der Waals surface area (Å²) in [5.74, 6) is 17.7. The van der Waals surface area contributed by atoms with E-state index >= 15 is 0 Å². The topological polar surface area (TPSA) is 35.6 Å². The molecule has 0 radical (unpaired) electrons. The van der Waals surface area contributed by atoms with E-state index in [1.807, 2.05) is 0 Å². The van der Waals surface area contributed by atoms with Gasteiger partial charge < -0.3 is 9.13 Å². The van der Waals surface area contributed by atoms with Crippen molar-refractivity contribution in [1.29, 1.82) is 0 Å². The number of hydrogen-bond acceptors (Lipinski definition) is 2. The maximum atomic E-state index is 5.46. The molecule has 6 aliphatic carbocycles. The molecule has 0 atom stereocenters. The fraction of sp³-hybridized carbons (Fsp3) is 0.129. The smallest absolute Gasteiger partial charge is 0.177 e. The van der Waals surface area contributed by atoms with Gasteiger partial charge in [-0.3, -0.25) is 0 Å². The van der Waals surface area contributed by atoms with Gasteiger partial charge in [0, 0.05) is 24.9 Å². The van der Waals surface area contributed by atoms with E-state index in [-0.39, 0.29) is 11.8 Å². The van der Waals surface area contributed by atoms with Gasteiger partial charge in [0.25, 0.3) is 0 Å². The Labute approximate surface area is 383 Å². The van der Waals surface area contributed by atoms with Crippen molar-refractivity contribution in [3.8, 4) is 35.3 Å². The minimum atomic E-state index is -0.613. The van der Waals surface area contributed by atoms with Crippen molar-refractivity contribution in [2.45, 2.75) is 49.6 Å². The van der Waals surface area contributed by atoms with Crippen LogP contribution in [0, 0.1) is 37.5 Å². The lowest BCUT2D eigenvalue weighted by Crippen LogP contribution is -2.41. The molecule has 0 saturated heterocycles. The predicted molar refractivity (Wildman–Crippen MR) is 262 cm³/mol. The van der Waals surface area contributed by atoms with Crippen molar-refractivity contribution in [3.63, 3.8) is 0 Å². The molecule has 8 aromatic carbocycles. The Balaban J connectivity index is 0.897. The first-order valence-electron chi connectivity index (χ1n) is 23.2. The first kappa shape index (κ1) is 36.2. The molecule has 3 heterocycles. The molecular formula is C62H40N4. The maximum Gasteiger partial charge on any atom is 0.177 e. The van der Waals surface area contributed by atoms with Crippen LogP contribution in [0.4, 0.5) is 0 Å². The maximum absolute atomic E-state index is 5.46. The van der Waals surface area contributed by atoms with E-state index in [0.29, 0.717) is 0 Å². The van der Waals surface area contributed by atoms with Crippen molar-refractivity contribution in [2.24, 2.45) is 0 Å². The van der Waals surface area contributed by atoms with E-state index in [1.54, 1.807) is 0 Å². The predicted octanol–water partition coefficient (Wildman–Crippen LogP) is 12.1. The van der Waals surface area contributed by atoms with E-state index < -0.39 is 10.8 Å². The molecule has 0 saturated carbocycles. The van der Waals surface area contributed by atoms with Crippen LogP contribution in [0.25, 0.3) is 33.7 Å². The lowest BCUT2D eigenvalue weighted by Gasteiger charge is -2.48. The van der Waals surface area contributed by atoms with Gasteiger partial charge in [-0.1, -0.05) is 169 Å². The molecule has 4 nitrogen and oxygen atoms in total. The summed E-state index contributed by atoms with van der Waals surface area (Å²) < 4.78 is 4.68. The molecule has 1 aliphatic heterocycles. The van der Waals surface area contributed by atoms with Crippen molar-refractivity contribution in [3.05, 3.63) is 259 Å². The number of fused-ring (bicyclic) bond motifs is 7. The lowest BCUT2D eigenvalue weighted by atomic mass is 9.52. The SMILES string of the molecule is Cc1cccc2c1C1c3ccccc3C2(C#Cc2cccc3c2nc2n3CCn3c-2nc2c(C#CC45c6ccccc6C(c6ccccc64)c4c(C)cccc45)cccc23)c2ccccc21. The van der Waals surface area contributed by atoms with Crippen LogP contribution in [-0.4, -0.2) is 19.1 Å². The van der Waals surface area contributed by atoms with Gasteiger partial charge in [-0.25, -0.2) is 9.97 Å². The molecule has 2 aromatic heterocycles. The largest absolute Gasteiger partial charge is 0.320 e. The van der Waals surface area contributed by atoms with Crippen LogP contribution in [0.1, 0.15) is 101 Å². The summed E-state index contributed by atoms with van der Waals surface area (Å²) in [6.45, 7) is 6.07. The molecule has 0 unspecified atom stereocenters. The molecule has 66 heavy (non-hydrogen) atoms. The number of aromatic nitrogens is 4. The quantitative estimate of drug-likeness (QED) is 0.143. The molecule has 4 heteroatoms. The Morgan fingerprint density at radius 3 is 1.15 bits per heavy atom. The zero-order valence-electron chi connectivity index (χ0n) is 36.5. The summed E-state index contributed by atoms with van der Waals surface area (Å²) >= 11 is 0. The van der Waals surface area contributed by atoms with E-state index in [0.717, 1.165) is 57.9 Å². The number of imidazole rings is 2. The number of hydrogen-bond donors (Lipinski definition) is 0. The molecule has 17 rings (SSSR count). The molecule has 4 bridgehead atoms. The van der Waals surface area contributed by atoms with Crippen molar-refractivity contribution in [1.82, 2.24) is 19.1 Å². The van der Waals surface area contributed by atoms with Gasteiger partial charge in [-0.2, -0.15) is 0 Å². The van der Waals surface area contributed by atoms with Gasteiger partial charge in [0.2, 0.25) is 0 Å². The van der Waals surface area contributed by atoms with Crippen LogP contribution in [0.5, 0.6) is 0 Å². The van der Waals surface area contributed by atoms with Gasteiger partial charge in [0.15, 0.2) is 11.6 Å². The fourth-order valence-corrected chi connectivity index (χ4v) is 13.2. The van der Waals surface area contributed by atoms with E-state index in [9.17, 15) is 0 Å². The van der Waals surface area contributed by atoms with Crippen molar-refractivity contribution in [2.75, 3.05) is 0 Å². The highest BCUT2D eigenvalue weighted by molar-refractivity contribution is 5.90. The minimum Gasteiger partial charge on any atom is -0.320 e. The highest BCUT2D eigenvalue weighted by atomic mass is 15.2. The van der Waals surface area contributed by atoms with Crippen LogP contribution in [0.3, 0.4) is 0 Å². The second-order valence-electron chi connectivity index (χ2n) is 18.8. The first-order valence-corrected chi connectivity index (χ1v) is 23.2. The van der Waals surface area contributed by atoms with Crippen LogP contribution < -0.4 is 0 Å². The minimum absolute atomic E-state index is 0.197. The van der Waals surface area contributed by atoms with Crippen LogP contribution in [0.15, 0.2) is 170 Å². The van der Waals surface area contributed by atoms with E-state index in [1.165, 1.54) is 77.9 Å². The van der Waals surface area contributed by atoms with E-state index in [4.69, 9.17) is 9.97 Å². The van der Waals surface area contributed by atoms with Gasteiger partial charge in [0.05, 0.1) is 22.2 Å². The van der Waals surface area contributed by atoms with Crippen LogP contribution in [0.2, 0.25) is 0 Å². The zero-order chi connectivity index (χ0) is 43.5. The number of nitrogens with zero attached hydrogens (tertiary/aromatic N) is 4. The monoisotopic (exact) mass is 840 g/mol. The first-order chi connectivity index (χ1) is 32.6. The summed E-state index contributed by atoms with van der Waals surface area (Å²) in [4.78, 5) is 10.9. The van der Waals surface area contributed by atoms with Crippen molar-refractivity contribution >= 4 is 22.1 Å². The third-order valence-electron chi connectivity index (χ3n) is 15.8. The summed E-state index contributed by atoms with van der Waals surface area (Å²) in [6.07, 6.45) is 0. The summed E-state index contributed by atoms with van der Waals surface area (Å²) in [7, 11) is 0. The fourth-order valence-electron chi connectivity index (χ4n) is 13.2. The van der Waals surface area contributed by atoms with Gasteiger partial charge in [0.1, 0.15) is 21.9 Å². The Morgan fingerprint density at radius 2 is 0.758 bits per heavy atom. The number of aryl methyl sites for hydroxylation is 4. The molecule has 10 aromatic rings. The third-order valence-corrected chi connectivity index (χ3v) is 15.8. The Bertz CT molecular complexity index is 3610. The standard InChI is InChI=1S/C62H40N4/c1-37-15-11-27-49-53(37)55-41-19-3-7-23-45(41)61(49,46-24-8-4-20-42(46)55)33-31-39-17-13-29-51-57(39)63-59-60-64-58-40(18-14-30-52(58)66(60)36-35-65(51)59)32-34-62-47-25-9-5-21-43(47)56(44-22-6-10-26-48(44)62)54-38(2)16-12-28-50(54)62/h3-30,55-56H,35-36H2,1-2H3. The number of benzene rings is 8. The Kier molecular flexibility index (Phi) is 6.99. The highest BCUT2D eigenvalue weighted by Gasteiger charge is 2.53. The number of rotatable bonds is 0. The second-order valence-corrected chi connectivity index (χ2v) is 18.8. The van der Waals surface area contributed by atoms with E-state index in [2.05, 4.69) is 217 Å². The van der Waals surface area contributed by atoms with Gasteiger partial charge in [-0.05, 0) is 116 Å². The molecule has 0 amide bonds. The summed E-state index contributed by atoms with van der Waals surface area (Å²) in [6, 6.07) is 62.3. The molecule has 308 valence electrons. The lowest BCUT2D eigenvalue weighted by molar-refractivity contribution is 0.574. The number of para-hydroxylation sites is 2. The van der Waals surface area contributed by atoms with Gasteiger partial charge >= 0.3 is 0 Å². The van der Waals surface area contributed by atoms with Crippen LogP contribution in [-0.2, 0) is 23.9 Å². The Hall–Kier alpha value is -8.18. The molecule has 0 N–H and O–H groups in total. The second kappa shape index (κ2) is 12.8. The highest BCUT2D eigenvalue weighted by Crippen LogP contribution is 2.61. The average Bonchev–Trinajstić information content (AvgIpc) is 3.95. The molecule has 7 aliphatic rings. The van der Waals surface area contributed by atoms with Crippen LogP contribution >= 0.6 is 0 Å².